The zero-order chi connectivity index (χ0) is 17.0. The summed E-state index contributed by atoms with van der Waals surface area (Å²) in [5.74, 6) is 0.314. The van der Waals surface area contributed by atoms with Gasteiger partial charge in [0.05, 0.1) is 18.1 Å². The lowest BCUT2D eigenvalue weighted by Gasteiger charge is -2.15. The number of hydrogen-bond donors (Lipinski definition) is 1. The molecule has 0 unspecified atom stereocenters. The number of carbonyl (C=O) groups is 1. The average molecular weight is 335 g/mol. The van der Waals surface area contributed by atoms with Crippen LogP contribution in [0.2, 0.25) is 5.02 Å². The van der Waals surface area contributed by atoms with Gasteiger partial charge in [-0.1, -0.05) is 23.7 Å². The molecule has 0 aromatic heterocycles. The van der Waals surface area contributed by atoms with E-state index >= 15 is 0 Å². The Morgan fingerprint density at radius 3 is 2.48 bits per heavy atom. The first kappa shape index (κ1) is 16.8. The molecule has 0 saturated carbocycles. The van der Waals surface area contributed by atoms with Gasteiger partial charge in [0.15, 0.2) is 0 Å². The van der Waals surface area contributed by atoms with Gasteiger partial charge in [-0.25, -0.2) is 0 Å². The second-order valence-electron chi connectivity index (χ2n) is 4.89. The number of carbonyl (C=O) groups excluding carboxylic acids is 1. The summed E-state index contributed by atoms with van der Waals surface area (Å²) in [6.45, 7) is 1.82. The van der Waals surface area contributed by atoms with Gasteiger partial charge in [-0.15, -0.1) is 0 Å². The monoisotopic (exact) mass is 334 g/mol. The highest BCUT2D eigenvalue weighted by Crippen LogP contribution is 2.25. The van der Waals surface area contributed by atoms with Crippen molar-refractivity contribution >= 4 is 23.2 Å². The third kappa shape index (κ3) is 3.98. The van der Waals surface area contributed by atoms with Crippen LogP contribution in [-0.4, -0.2) is 17.9 Å². The minimum atomic E-state index is -0.619. The quantitative estimate of drug-likeness (QED) is 0.667. The van der Waals surface area contributed by atoms with E-state index in [9.17, 15) is 14.9 Å². The number of rotatable bonds is 5. The average Bonchev–Trinajstić information content (AvgIpc) is 2.54. The van der Waals surface area contributed by atoms with Crippen molar-refractivity contribution in [1.82, 2.24) is 5.32 Å². The molecule has 0 aliphatic rings. The van der Waals surface area contributed by atoms with Crippen molar-refractivity contribution in [2.24, 2.45) is 0 Å². The maximum atomic E-state index is 12.2. The smallest absolute Gasteiger partial charge is 0.288 e. The third-order valence-electron chi connectivity index (χ3n) is 3.37. The summed E-state index contributed by atoms with van der Waals surface area (Å²) < 4.78 is 5.08. The summed E-state index contributed by atoms with van der Waals surface area (Å²) in [5.41, 5.74) is 0.778. The highest BCUT2D eigenvalue weighted by Gasteiger charge is 2.17. The Balaban J connectivity index is 2.14. The molecule has 1 N–H and O–H groups in total. The molecule has 0 heterocycles. The van der Waals surface area contributed by atoms with Gasteiger partial charge in [0.2, 0.25) is 0 Å². The molecule has 2 rings (SSSR count). The zero-order valence-electron chi connectivity index (χ0n) is 12.6. The number of nitro groups is 1. The number of methoxy groups -OCH3 is 1. The van der Waals surface area contributed by atoms with Gasteiger partial charge < -0.3 is 10.1 Å². The Morgan fingerprint density at radius 2 is 1.91 bits per heavy atom. The normalized spacial score (nSPS) is 11.6. The second kappa shape index (κ2) is 7.11. The summed E-state index contributed by atoms with van der Waals surface area (Å²) in [5, 5.41) is 13.7. The topological polar surface area (TPSA) is 81.5 Å². The highest BCUT2D eigenvalue weighted by atomic mass is 35.5. The van der Waals surface area contributed by atoms with Crippen molar-refractivity contribution in [2.75, 3.05) is 7.11 Å². The van der Waals surface area contributed by atoms with Crippen LogP contribution in [0.25, 0.3) is 0 Å². The molecule has 6 nitrogen and oxygen atoms in total. The number of nitrogens with one attached hydrogen (secondary N) is 1. The van der Waals surface area contributed by atoms with Crippen molar-refractivity contribution in [2.45, 2.75) is 13.0 Å². The summed E-state index contributed by atoms with van der Waals surface area (Å²) in [4.78, 5) is 22.5. The van der Waals surface area contributed by atoms with Crippen LogP contribution in [0, 0.1) is 10.1 Å². The Morgan fingerprint density at radius 1 is 1.26 bits per heavy atom. The summed E-state index contributed by atoms with van der Waals surface area (Å²) >= 11 is 5.74. The molecule has 0 fully saturated rings. The minimum absolute atomic E-state index is 0.00486. The predicted molar refractivity (Wildman–Crippen MR) is 87.0 cm³/mol. The van der Waals surface area contributed by atoms with Crippen LogP contribution in [0.4, 0.5) is 5.69 Å². The van der Waals surface area contributed by atoms with Gasteiger partial charge in [0, 0.05) is 11.6 Å². The summed E-state index contributed by atoms with van der Waals surface area (Å²) in [6, 6.07) is 11.0. The van der Waals surface area contributed by atoms with E-state index in [0.29, 0.717) is 0 Å². The van der Waals surface area contributed by atoms with Gasteiger partial charge in [-0.2, -0.15) is 0 Å². The van der Waals surface area contributed by atoms with E-state index in [0.717, 1.165) is 11.3 Å². The molecule has 0 saturated heterocycles. The predicted octanol–water partition coefficient (Wildman–Crippen LogP) is 3.75. The first-order valence-corrected chi connectivity index (χ1v) is 7.19. The Kier molecular flexibility index (Phi) is 5.18. The maximum absolute atomic E-state index is 12.2. The van der Waals surface area contributed by atoms with Crippen LogP contribution in [-0.2, 0) is 0 Å². The molecule has 0 bridgehead atoms. The first-order chi connectivity index (χ1) is 10.9. The molecule has 23 heavy (non-hydrogen) atoms. The van der Waals surface area contributed by atoms with E-state index in [-0.39, 0.29) is 22.3 Å². The van der Waals surface area contributed by atoms with E-state index in [1.807, 2.05) is 19.1 Å². The largest absolute Gasteiger partial charge is 0.497 e. The molecule has 1 amide bonds. The van der Waals surface area contributed by atoms with Crippen LogP contribution < -0.4 is 10.1 Å². The first-order valence-electron chi connectivity index (χ1n) is 6.81. The summed E-state index contributed by atoms with van der Waals surface area (Å²) in [7, 11) is 1.58. The number of ether oxygens (including phenoxy) is 1. The molecule has 0 spiro atoms. The molecule has 0 aliphatic heterocycles. The number of hydrogen-bond acceptors (Lipinski definition) is 4. The van der Waals surface area contributed by atoms with Crippen molar-refractivity contribution < 1.29 is 14.5 Å². The molecular formula is C16H15ClN2O4. The van der Waals surface area contributed by atoms with E-state index in [4.69, 9.17) is 16.3 Å². The van der Waals surface area contributed by atoms with Crippen LogP contribution in [0.5, 0.6) is 5.75 Å². The Hall–Kier alpha value is -2.60. The minimum Gasteiger partial charge on any atom is -0.497 e. The lowest BCUT2D eigenvalue weighted by molar-refractivity contribution is -0.384. The number of nitro benzene ring substituents is 1. The van der Waals surface area contributed by atoms with Crippen LogP contribution >= 0.6 is 11.6 Å². The van der Waals surface area contributed by atoms with Gasteiger partial charge in [-0.05, 0) is 36.8 Å². The molecule has 0 radical (unpaired) electrons. The molecular weight excluding hydrogens is 320 g/mol. The number of nitrogens with zero attached hydrogens (tertiary/aromatic N) is 1. The Bertz CT molecular complexity index is 731. The number of amides is 1. The van der Waals surface area contributed by atoms with Gasteiger partial charge >= 0.3 is 0 Å². The molecule has 2 aromatic rings. The van der Waals surface area contributed by atoms with Crippen molar-refractivity contribution in [1.29, 1.82) is 0 Å². The number of halogens is 1. The van der Waals surface area contributed by atoms with Crippen LogP contribution in [0.3, 0.4) is 0 Å². The van der Waals surface area contributed by atoms with E-state index in [1.54, 1.807) is 19.2 Å². The molecule has 120 valence electrons. The van der Waals surface area contributed by atoms with E-state index in [2.05, 4.69) is 5.32 Å². The standard InChI is InChI=1S/C16H15ClN2O4/c1-10(11-3-6-13(23-2)7-4-11)18-16(20)12-5-8-14(17)15(9-12)19(21)22/h3-10H,1-2H3,(H,18,20)/t10-/m0/s1. The second-order valence-corrected chi connectivity index (χ2v) is 5.30. The Labute approximate surface area is 138 Å². The highest BCUT2D eigenvalue weighted by molar-refractivity contribution is 6.32. The fourth-order valence-corrected chi connectivity index (χ4v) is 2.24. The van der Waals surface area contributed by atoms with E-state index in [1.165, 1.54) is 18.2 Å². The maximum Gasteiger partial charge on any atom is 0.288 e. The number of benzene rings is 2. The lowest BCUT2D eigenvalue weighted by atomic mass is 10.1. The SMILES string of the molecule is COc1ccc([C@H](C)NC(=O)c2ccc(Cl)c([N+](=O)[O-])c2)cc1. The van der Waals surface area contributed by atoms with Crippen molar-refractivity contribution in [3.05, 3.63) is 68.7 Å². The molecule has 7 heteroatoms. The van der Waals surface area contributed by atoms with Gasteiger partial charge in [0.25, 0.3) is 11.6 Å². The fraction of sp³-hybridized carbons (Fsp3) is 0.188. The summed E-state index contributed by atoms with van der Waals surface area (Å²) in [6.07, 6.45) is 0. The van der Waals surface area contributed by atoms with Crippen molar-refractivity contribution in [3.8, 4) is 5.75 Å². The van der Waals surface area contributed by atoms with Gasteiger partial charge in [0.1, 0.15) is 10.8 Å². The van der Waals surface area contributed by atoms with Crippen LogP contribution in [0.1, 0.15) is 28.9 Å². The molecule has 2 aromatic carbocycles. The lowest BCUT2D eigenvalue weighted by Crippen LogP contribution is -2.26. The van der Waals surface area contributed by atoms with Crippen molar-refractivity contribution in [3.63, 3.8) is 0 Å². The fourth-order valence-electron chi connectivity index (χ4n) is 2.05. The molecule has 1 atom stereocenters. The molecule has 0 aliphatic carbocycles. The van der Waals surface area contributed by atoms with Crippen LogP contribution in [0.15, 0.2) is 42.5 Å². The zero-order valence-corrected chi connectivity index (χ0v) is 13.3. The van der Waals surface area contributed by atoms with Gasteiger partial charge in [-0.3, -0.25) is 14.9 Å². The van der Waals surface area contributed by atoms with E-state index < -0.39 is 10.8 Å². The third-order valence-corrected chi connectivity index (χ3v) is 3.69.